The quantitative estimate of drug-likeness (QED) is 0.750. The largest absolute Gasteiger partial charge is 0.496 e. The van der Waals surface area contributed by atoms with Crippen LogP contribution in [-0.2, 0) is 21.1 Å². The van der Waals surface area contributed by atoms with E-state index in [4.69, 9.17) is 4.74 Å². The minimum Gasteiger partial charge on any atom is -0.496 e. The molecule has 0 saturated carbocycles. The highest BCUT2D eigenvalue weighted by molar-refractivity contribution is 7.90. The zero-order valence-corrected chi connectivity index (χ0v) is 11.0. The van der Waals surface area contributed by atoms with Crippen molar-refractivity contribution >= 4 is 16.1 Å². The van der Waals surface area contributed by atoms with Crippen molar-refractivity contribution in [3.05, 3.63) is 23.3 Å². The van der Waals surface area contributed by atoms with E-state index in [-0.39, 0.29) is 4.90 Å². The fourth-order valence-corrected chi connectivity index (χ4v) is 2.71. The van der Waals surface area contributed by atoms with Gasteiger partial charge in [-0.1, -0.05) is 0 Å². The Morgan fingerprint density at radius 1 is 1.35 bits per heavy atom. The molecule has 0 aliphatic heterocycles. The average Bonchev–Trinajstić information content (AvgIpc) is 2.25. The predicted octanol–water partition coefficient (Wildman–Crippen LogP) is 1.54. The van der Waals surface area contributed by atoms with Crippen LogP contribution in [0.3, 0.4) is 0 Å². The van der Waals surface area contributed by atoms with Crippen molar-refractivity contribution < 1.29 is 17.9 Å². The van der Waals surface area contributed by atoms with Crippen molar-refractivity contribution in [1.82, 2.24) is 0 Å². The van der Waals surface area contributed by atoms with Crippen LogP contribution >= 0.6 is 0 Å². The van der Waals surface area contributed by atoms with Crippen LogP contribution in [0.2, 0.25) is 0 Å². The lowest BCUT2D eigenvalue weighted by Gasteiger charge is -2.12. The van der Waals surface area contributed by atoms with Gasteiger partial charge in [-0.3, -0.25) is 0 Å². The van der Waals surface area contributed by atoms with Crippen molar-refractivity contribution in [2.45, 2.75) is 24.7 Å². The molecule has 0 bridgehead atoms. The van der Waals surface area contributed by atoms with Crippen LogP contribution in [0.1, 0.15) is 17.5 Å². The fraction of sp³-hybridized carbons (Fsp3) is 0.417. The molecule has 0 spiro atoms. The third kappa shape index (κ3) is 3.30. The van der Waals surface area contributed by atoms with Crippen molar-refractivity contribution in [1.29, 1.82) is 0 Å². The maximum Gasteiger partial charge on any atom is 0.175 e. The van der Waals surface area contributed by atoms with Gasteiger partial charge >= 0.3 is 0 Å². The molecule has 0 heterocycles. The lowest BCUT2D eigenvalue weighted by atomic mass is 10.1. The summed E-state index contributed by atoms with van der Waals surface area (Å²) in [4.78, 5) is 10.7. The highest BCUT2D eigenvalue weighted by Gasteiger charge is 2.15. The van der Waals surface area contributed by atoms with Gasteiger partial charge in [0.2, 0.25) is 0 Å². The smallest absolute Gasteiger partial charge is 0.175 e. The zero-order chi connectivity index (χ0) is 13.1. The number of aldehydes is 1. The number of hydrogen-bond acceptors (Lipinski definition) is 4. The zero-order valence-electron chi connectivity index (χ0n) is 10.2. The summed E-state index contributed by atoms with van der Waals surface area (Å²) in [5.41, 5.74) is 1.39. The summed E-state index contributed by atoms with van der Waals surface area (Å²) in [6, 6.07) is 3.28. The summed E-state index contributed by atoms with van der Waals surface area (Å²) in [6.45, 7) is 1.79. The molecular weight excluding hydrogens is 240 g/mol. The van der Waals surface area contributed by atoms with Crippen molar-refractivity contribution in [3.8, 4) is 5.75 Å². The first-order valence-electron chi connectivity index (χ1n) is 5.21. The van der Waals surface area contributed by atoms with Crippen LogP contribution < -0.4 is 4.74 Å². The van der Waals surface area contributed by atoms with Crippen LogP contribution in [0.15, 0.2) is 17.0 Å². The van der Waals surface area contributed by atoms with Gasteiger partial charge in [0.25, 0.3) is 0 Å². The third-order valence-electron chi connectivity index (χ3n) is 2.51. The molecule has 1 rings (SSSR count). The molecule has 1 aromatic carbocycles. The van der Waals surface area contributed by atoms with Gasteiger partial charge in [-0.25, -0.2) is 8.42 Å². The molecule has 0 fully saturated rings. The summed E-state index contributed by atoms with van der Waals surface area (Å²) >= 11 is 0. The predicted molar refractivity (Wildman–Crippen MR) is 65.2 cm³/mol. The summed E-state index contributed by atoms with van der Waals surface area (Å²) in [6.07, 6.45) is 2.65. The number of hydrogen-bond donors (Lipinski definition) is 0. The first-order chi connectivity index (χ1) is 7.90. The van der Waals surface area contributed by atoms with E-state index in [0.717, 1.165) is 11.8 Å². The molecule has 0 saturated heterocycles. The molecular formula is C12H16O4S. The molecule has 0 radical (unpaired) electrons. The van der Waals surface area contributed by atoms with E-state index in [1.807, 2.05) is 0 Å². The molecule has 0 aliphatic rings. The molecule has 0 N–H and O–H groups in total. The van der Waals surface area contributed by atoms with Gasteiger partial charge in [-0.05, 0) is 36.6 Å². The lowest BCUT2D eigenvalue weighted by molar-refractivity contribution is -0.107. The van der Waals surface area contributed by atoms with Gasteiger partial charge in [0.05, 0.1) is 12.0 Å². The molecule has 5 heteroatoms. The number of methoxy groups -OCH3 is 1. The Kier molecular flexibility index (Phi) is 4.28. The molecule has 17 heavy (non-hydrogen) atoms. The van der Waals surface area contributed by atoms with Crippen molar-refractivity contribution in [3.63, 3.8) is 0 Å². The van der Waals surface area contributed by atoms with E-state index >= 15 is 0 Å². The van der Waals surface area contributed by atoms with Gasteiger partial charge in [-0.2, -0.15) is 0 Å². The molecule has 0 amide bonds. The average molecular weight is 256 g/mol. The minimum absolute atomic E-state index is 0.276. The van der Waals surface area contributed by atoms with Crippen LogP contribution in [-0.4, -0.2) is 28.1 Å². The van der Waals surface area contributed by atoms with Gasteiger partial charge in [0, 0.05) is 12.7 Å². The highest BCUT2D eigenvalue weighted by Crippen LogP contribution is 2.26. The molecule has 4 nitrogen and oxygen atoms in total. The number of ether oxygens (including phenoxy) is 1. The van der Waals surface area contributed by atoms with Crippen LogP contribution in [0, 0.1) is 6.92 Å². The van der Waals surface area contributed by atoms with Gasteiger partial charge in [-0.15, -0.1) is 0 Å². The molecule has 0 aliphatic carbocycles. The fourth-order valence-electron chi connectivity index (χ4n) is 1.68. The number of aryl methyl sites for hydroxylation is 2. The van der Waals surface area contributed by atoms with Crippen molar-refractivity contribution in [2.75, 3.05) is 13.4 Å². The SMILES string of the molecule is COc1cc(CCC=O)c(S(C)(=O)=O)cc1C. The van der Waals surface area contributed by atoms with E-state index in [2.05, 4.69) is 0 Å². The van der Waals surface area contributed by atoms with E-state index in [1.54, 1.807) is 19.1 Å². The Bertz CT molecular complexity index is 518. The Morgan fingerprint density at radius 2 is 2.00 bits per heavy atom. The monoisotopic (exact) mass is 256 g/mol. The second kappa shape index (κ2) is 5.31. The van der Waals surface area contributed by atoms with Crippen LogP contribution in [0.5, 0.6) is 5.75 Å². The molecule has 0 atom stereocenters. The Balaban J connectivity index is 3.36. The molecule has 1 aromatic rings. The van der Waals surface area contributed by atoms with Gasteiger partial charge in [0.1, 0.15) is 12.0 Å². The second-order valence-corrected chi connectivity index (χ2v) is 5.89. The molecule has 0 aromatic heterocycles. The van der Waals surface area contributed by atoms with E-state index in [0.29, 0.717) is 24.2 Å². The van der Waals surface area contributed by atoms with Crippen molar-refractivity contribution in [2.24, 2.45) is 0 Å². The van der Waals surface area contributed by atoms with Crippen LogP contribution in [0.4, 0.5) is 0 Å². The maximum absolute atomic E-state index is 11.6. The van der Waals surface area contributed by atoms with Crippen LogP contribution in [0.25, 0.3) is 0 Å². The highest BCUT2D eigenvalue weighted by atomic mass is 32.2. The number of sulfone groups is 1. The number of carbonyl (C=O) groups excluding carboxylic acids is 1. The van der Waals surface area contributed by atoms with E-state index in [1.165, 1.54) is 13.4 Å². The summed E-state index contributed by atoms with van der Waals surface area (Å²) in [5, 5.41) is 0. The Morgan fingerprint density at radius 3 is 2.47 bits per heavy atom. The first kappa shape index (κ1) is 13.7. The maximum atomic E-state index is 11.6. The van der Waals surface area contributed by atoms with Gasteiger partial charge in [0.15, 0.2) is 9.84 Å². The summed E-state index contributed by atoms with van der Waals surface area (Å²) in [5.74, 6) is 0.637. The summed E-state index contributed by atoms with van der Waals surface area (Å²) < 4.78 is 28.4. The number of rotatable bonds is 5. The minimum atomic E-state index is -3.28. The topological polar surface area (TPSA) is 60.4 Å². The second-order valence-electron chi connectivity index (χ2n) is 3.91. The molecule has 0 unspecified atom stereocenters. The van der Waals surface area contributed by atoms with Gasteiger partial charge < -0.3 is 9.53 Å². The normalized spacial score (nSPS) is 11.2. The number of carbonyl (C=O) groups is 1. The molecule has 94 valence electrons. The standard InChI is InChI=1S/C12H16O4S/c1-9-7-12(17(3,14)15)10(5-4-6-13)8-11(9)16-2/h6-8H,4-5H2,1-3H3. The third-order valence-corrected chi connectivity index (χ3v) is 3.69. The van der Waals surface area contributed by atoms with E-state index in [9.17, 15) is 13.2 Å². The summed E-state index contributed by atoms with van der Waals surface area (Å²) in [7, 11) is -1.75. The first-order valence-corrected chi connectivity index (χ1v) is 7.10. The Labute approximate surface area is 102 Å². The number of benzene rings is 1. The Hall–Kier alpha value is -1.36. The van der Waals surface area contributed by atoms with E-state index < -0.39 is 9.84 Å². The lowest BCUT2D eigenvalue weighted by Crippen LogP contribution is -2.04.